The normalized spacial score (nSPS) is 12.6. The largest absolute Gasteiger partial charge is 0.453 e. The van der Waals surface area contributed by atoms with E-state index in [9.17, 15) is 0 Å². The van der Waals surface area contributed by atoms with Crippen molar-refractivity contribution in [3.8, 4) is 67.3 Å². The number of hydrogen-bond donors (Lipinski definition) is 0. The highest BCUT2D eigenvalue weighted by Gasteiger charge is 2.36. The molecule has 2 heterocycles. The van der Waals surface area contributed by atoms with Crippen molar-refractivity contribution in [3.05, 3.63) is 236 Å². The molecule has 1 aliphatic carbocycles. The van der Waals surface area contributed by atoms with E-state index in [1.54, 1.807) is 0 Å². The number of benzene rings is 9. The van der Waals surface area contributed by atoms with Crippen molar-refractivity contribution in [2.45, 2.75) is 19.3 Å². The molecule has 1 aliphatic rings. The molecule has 2 aromatic heterocycles. The molecular formula is C61H43N3O. The molecule has 4 heteroatoms. The highest BCUT2D eigenvalue weighted by molar-refractivity contribution is 6.13. The Hall–Kier alpha value is -8.34. The molecule has 11 aromatic rings. The molecule has 308 valence electrons. The first-order valence-corrected chi connectivity index (χ1v) is 22.2. The third-order valence-electron chi connectivity index (χ3n) is 13.1. The summed E-state index contributed by atoms with van der Waals surface area (Å²) < 4.78 is 7.20. The minimum absolute atomic E-state index is 0.156. The first-order chi connectivity index (χ1) is 32.0. The highest BCUT2D eigenvalue weighted by Crippen LogP contribution is 2.51. The van der Waals surface area contributed by atoms with Crippen LogP contribution in [0.15, 0.2) is 229 Å². The van der Waals surface area contributed by atoms with Crippen molar-refractivity contribution in [2.75, 3.05) is 4.90 Å². The molecule has 65 heavy (non-hydrogen) atoms. The van der Waals surface area contributed by atoms with E-state index in [1.807, 2.05) is 36.4 Å². The molecule has 0 unspecified atom stereocenters. The van der Waals surface area contributed by atoms with Gasteiger partial charge in [0.2, 0.25) is 0 Å². The Labute approximate surface area is 378 Å². The number of fused-ring (bicyclic) bond motifs is 6. The molecule has 0 atom stereocenters. The summed E-state index contributed by atoms with van der Waals surface area (Å²) in [7, 11) is 0. The van der Waals surface area contributed by atoms with Crippen LogP contribution in [0.1, 0.15) is 25.0 Å². The van der Waals surface area contributed by atoms with E-state index in [-0.39, 0.29) is 5.41 Å². The molecule has 9 aromatic carbocycles. The number of nitrogens with zero attached hydrogens (tertiary/aromatic N) is 3. The van der Waals surface area contributed by atoms with Crippen molar-refractivity contribution in [1.82, 2.24) is 9.97 Å². The van der Waals surface area contributed by atoms with Crippen LogP contribution in [0.5, 0.6) is 0 Å². The van der Waals surface area contributed by atoms with Crippen molar-refractivity contribution < 1.29 is 4.42 Å². The maximum Gasteiger partial charge on any atom is 0.160 e. The zero-order chi connectivity index (χ0) is 43.5. The lowest BCUT2D eigenvalue weighted by Crippen LogP contribution is -2.16. The minimum atomic E-state index is -0.156. The summed E-state index contributed by atoms with van der Waals surface area (Å²) in [6.45, 7) is 4.68. The Morgan fingerprint density at radius 2 is 0.892 bits per heavy atom. The van der Waals surface area contributed by atoms with Gasteiger partial charge in [-0.05, 0) is 81.4 Å². The fourth-order valence-corrected chi connectivity index (χ4v) is 9.82. The molecule has 0 N–H and O–H groups in total. The minimum Gasteiger partial charge on any atom is -0.453 e. The molecule has 0 amide bonds. The van der Waals surface area contributed by atoms with Crippen LogP contribution in [-0.4, -0.2) is 9.97 Å². The second kappa shape index (κ2) is 15.5. The van der Waals surface area contributed by atoms with Gasteiger partial charge in [-0.2, -0.15) is 0 Å². The third kappa shape index (κ3) is 6.61. The molecule has 12 rings (SSSR count). The van der Waals surface area contributed by atoms with E-state index in [0.717, 1.165) is 78.2 Å². The van der Waals surface area contributed by atoms with Crippen LogP contribution in [0.3, 0.4) is 0 Å². The number of aromatic nitrogens is 2. The monoisotopic (exact) mass is 833 g/mol. The van der Waals surface area contributed by atoms with E-state index in [2.05, 4.69) is 207 Å². The molecule has 0 fully saturated rings. The first-order valence-electron chi connectivity index (χ1n) is 22.2. The first kappa shape index (κ1) is 38.3. The summed E-state index contributed by atoms with van der Waals surface area (Å²) in [5.41, 5.74) is 19.0. The molecule has 0 radical (unpaired) electrons. The van der Waals surface area contributed by atoms with Gasteiger partial charge in [0.15, 0.2) is 11.4 Å². The zero-order valence-corrected chi connectivity index (χ0v) is 36.1. The lowest BCUT2D eigenvalue weighted by molar-refractivity contribution is 0.660. The topological polar surface area (TPSA) is 42.2 Å². The molecular weight excluding hydrogens is 791 g/mol. The molecule has 0 bridgehead atoms. The Kier molecular flexibility index (Phi) is 9.13. The summed E-state index contributed by atoms with van der Waals surface area (Å²) in [6, 6.07) is 79.4. The van der Waals surface area contributed by atoms with Gasteiger partial charge in [0.1, 0.15) is 5.58 Å². The standard InChI is InChI=1S/C61H43N3O/c1-61(2)53-29-13-12-25-49(53)50-36-35-47(38-54(50)61)64(46-33-31-41(32-34-46)40-17-6-3-7-18-40)57-30-16-28-52-51-27-15-26-48(58(51)65-59(52)57)44-23-14-24-45(37-44)60-62-55(42-19-8-4-9-20-42)39-56(63-60)43-21-10-5-11-22-43/h3-39H,1-2H3. The van der Waals surface area contributed by atoms with Crippen LogP contribution < -0.4 is 4.90 Å². The van der Waals surface area contributed by atoms with Gasteiger partial charge in [0.05, 0.1) is 17.1 Å². The highest BCUT2D eigenvalue weighted by atomic mass is 16.3. The Balaban J connectivity index is 1.00. The summed E-state index contributed by atoms with van der Waals surface area (Å²) in [5.74, 6) is 0.667. The van der Waals surface area contributed by atoms with Crippen molar-refractivity contribution in [1.29, 1.82) is 0 Å². The molecule has 0 aliphatic heterocycles. The van der Waals surface area contributed by atoms with Crippen LogP contribution in [0.25, 0.3) is 89.2 Å². The van der Waals surface area contributed by atoms with E-state index in [0.29, 0.717) is 5.82 Å². The van der Waals surface area contributed by atoms with Crippen LogP contribution in [0.2, 0.25) is 0 Å². The van der Waals surface area contributed by atoms with Crippen LogP contribution in [0, 0.1) is 0 Å². The summed E-state index contributed by atoms with van der Waals surface area (Å²) in [4.78, 5) is 12.7. The zero-order valence-electron chi connectivity index (χ0n) is 36.1. The van der Waals surface area contributed by atoms with E-state index < -0.39 is 0 Å². The van der Waals surface area contributed by atoms with E-state index in [4.69, 9.17) is 14.4 Å². The van der Waals surface area contributed by atoms with Crippen molar-refractivity contribution in [2.24, 2.45) is 0 Å². The Morgan fingerprint density at radius 3 is 1.60 bits per heavy atom. The lowest BCUT2D eigenvalue weighted by Gasteiger charge is -2.28. The van der Waals surface area contributed by atoms with Crippen molar-refractivity contribution in [3.63, 3.8) is 0 Å². The molecule has 0 saturated heterocycles. The Morgan fingerprint density at radius 1 is 0.369 bits per heavy atom. The van der Waals surface area contributed by atoms with Gasteiger partial charge < -0.3 is 9.32 Å². The number of anilines is 3. The summed E-state index contributed by atoms with van der Waals surface area (Å²) in [5, 5.41) is 2.12. The fraction of sp³-hybridized carbons (Fsp3) is 0.0492. The quantitative estimate of drug-likeness (QED) is 0.153. The molecule has 4 nitrogen and oxygen atoms in total. The number of hydrogen-bond acceptors (Lipinski definition) is 4. The smallest absolute Gasteiger partial charge is 0.160 e. The van der Waals surface area contributed by atoms with Gasteiger partial charge in [0.25, 0.3) is 0 Å². The molecule has 0 saturated carbocycles. The van der Waals surface area contributed by atoms with E-state index >= 15 is 0 Å². The van der Waals surface area contributed by atoms with Gasteiger partial charge >= 0.3 is 0 Å². The summed E-state index contributed by atoms with van der Waals surface area (Å²) in [6.07, 6.45) is 0. The van der Waals surface area contributed by atoms with E-state index in [1.165, 1.54) is 33.4 Å². The number of furan rings is 1. The number of rotatable bonds is 8. The predicted molar refractivity (Wildman–Crippen MR) is 269 cm³/mol. The maximum absolute atomic E-state index is 7.20. The van der Waals surface area contributed by atoms with Crippen molar-refractivity contribution >= 4 is 39.0 Å². The third-order valence-corrected chi connectivity index (χ3v) is 13.1. The number of para-hydroxylation sites is 2. The van der Waals surface area contributed by atoms with Gasteiger partial charge in [-0.3, -0.25) is 0 Å². The van der Waals surface area contributed by atoms with Gasteiger partial charge in [0, 0.05) is 49.8 Å². The van der Waals surface area contributed by atoms with Gasteiger partial charge in [-0.15, -0.1) is 0 Å². The molecule has 0 spiro atoms. The summed E-state index contributed by atoms with van der Waals surface area (Å²) >= 11 is 0. The lowest BCUT2D eigenvalue weighted by atomic mass is 9.82. The van der Waals surface area contributed by atoms with Crippen LogP contribution in [-0.2, 0) is 5.41 Å². The van der Waals surface area contributed by atoms with Gasteiger partial charge in [-0.1, -0.05) is 196 Å². The fourth-order valence-electron chi connectivity index (χ4n) is 9.82. The van der Waals surface area contributed by atoms with Crippen LogP contribution >= 0.6 is 0 Å². The maximum atomic E-state index is 7.20. The average Bonchev–Trinajstić information content (AvgIpc) is 3.87. The van der Waals surface area contributed by atoms with Gasteiger partial charge in [-0.25, -0.2) is 9.97 Å². The second-order valence-electron chi connectivity index (χ2n) is 17.4. The SMILES string of the molecule is CC1(C)c2ccccc2-c2ccc(N(c3ccc(-c4ccccc4)cc3)c3cccc4c3oc3c(-c5cccc(-c6nc(-c7ccccc7)cc(-c7ccccc7)n6)c5)cccc34)cc21. The van der Waals surface area contributed by atoms with Crippen LogP contribution in [0.4, 0.5) is 17.1 Å². The predicted octanol–water partition coefficient (Wildman–Crippen LogP) is 16.5. The average molecular weight is 834 g/mol. The second-order valence-corrected chi connectivity index (χ2v) is 17.4. The Bertz CT molecular complexity index is 3500.